The van der Waals surface area contributed by atoms with E-state index in [9.17, 15) is 10.1 Å². The number of ether oxygens (including phenoxy) is 1. The van der Waals surface area contributed by atoms with E-state index in [0.717, 1.165) is 34.9 Å². The molecule has 0 amide bonds. The minimum atomic E-state index is -1.05. The Balaban J connectivity index is 2.10. The summed E-state index contributed by atoms with van der Waals surface area (Å²) in [6.07, 6.45) is 4.49. The first-order valence-electron chi connectivity index (χ1n) is 9.39. The van der Waals surface area contributed by atoms with E-state index in [1.54, 1.807) is 12.1 Å². The number of benzene rings is 2. The van der Waals surface area contributed by atoms with Crippen LogP contribution in [0.3, 0.4) is 0 Å². The molecule has 0 unspecified atom stereocenters. The monoisotopic (exact) mass is 374 g/mol. The van der Waals surface area contributed by atoms with Gasteiger partial charge in [-0.05, 0) is 53.8 Å². The molecule has 0 atom stereocenters. The summed E-state index contributed by atoms with van der Waals surface area (Å²) in [5.74, 6) is -0.799. The number of aromatic nitrogens is 1. The molecule has 3 rings (SSSR count). The lowest BCUT2D eigenvalue weighted by Gasteiger charge is -2.12. The van der Waals surface area contributed by atoms with E-state index in [1.165, 1.54) is 18.4 Å². The Hall–Kier alpha value is -3.39. The molecule has 142 valence electrons. The van der Waals surface area contributed by atoms with Crippen molar-refractivity contribution in [2.45, 2.75) is 32.6 Å². The summed E-state index contributed by atoms with van der Waals surface area (Å²) in [6, 6.07) is 17.4. The molecule has 5 heteroatoms. The van der Waals surface area contributed by atoms with Gasteiger partial charge in [-0.25, -0.2) is 9.78 Å². The zero-order valence-electron chi connectivity index (χ0n) is 15.8. The standard InChI is InChI=1S/C23H22N2O3/c1-2-3-4-6-16-9-10-21-20(12-16)19(13-22(25-21)28-15-23(26)27)18-8-5-7-17(11-18)14-24/h5,7-13H,2-4,6,15H2,1H3,(H,26,27). The molecule has 2 aromatic carbocycles. The molecule has 0 saturated carbocycles. The molecule has 0 fully saturated rings. The number of fused-ring (bicyclic) bond motifs is 1. The van der Waals surface area contributed by atoms with Gasteiger partial charge in [-0.2, -0.15) is 5.26 Å². The van der Waals surface area contributed by atoms with Gasteiger partial charge in [0.15, 0.2) is 6.61 Å². The van der Waals surface area contributed by atoms with Gasteiger partial charge in [-0.1, -0.05) is 38.0 Å². The van der Waals surface area contributed by atoms with Crippen molar-refractivity contribution < 1.29 is 14.6 Å². The predicted octanol–water partition coefficient (Wildman–Crippen LogP) is 4.97. The lowest BCUT2D eigenvalue weighted by molar-refractivity contribution is -0.139. The van der Waals surface area contributed by atoms with E-state index >= 15 is 0 Å². The van der Waals surface area contributed by atoms with Gasteiger partial charge in [0.1, 0.15) is 0 Å². The summed E-state index contributed by atoms with van der Waals surface area (Å²) in [5, 5.41) is 19.1. The fourth-order valence-corrected chi connectivity index (χ4v) is 3.19. The molecule has 5 nitrogen and oxygen atoms in total. The zero-order chi connectivity index (χ0) is 19.9. The molecule has 0 aliphatic carbocycles. The van der Waals surface area contributed by atoms with Crippen LogP contribution in [0.15, 0.2) is 48.5 Å². The highest BCUT2D eigenvalue weighted by Crippen LogP contribution is 2.32. The number of hydrogen-bond donors (Lipinski definition) is 1. The number of aliphatic carboxylic acids is 1. The minimum Gasteiger partial charge on any atom is -0.479 e. The highest BCUT2D eigenvalue weighted by atomic mass is 16.5. The predicted molar refractivity (Wildman–Crippen MR) is 108 cm³/mol. The van der Waals surface area contributed by atoms with Crippen molar-refractivity contribution in [3.05, 3.63) is 59.7 Å². The van der Waals surface area contributed by atoms with Crippen LogP contribution < -0.4 is 4.74 Å². The molecular formula is C23H22N2O3. The topological polar surface area (TPSA) is 83.2 Å². The van der Waals surface area contributed by atoms with Crippen molar-refractivity contribution >= 4 is 16.9 Å². The third-order valence-corrected chi connectivity index (χ3v) is 4.56. The van der Waals surface area contributed by atoms with Crippen LogP contribution in [-0.4, -0.2) is 22.7 Å². The lowest BCUT2D eigenvalue weighted by atomic mass is 9.97. The van der Waals surface area contributed by atoms with Gasteiger partial charge in [0.25, 0.3) is 0 Å². The van der Waals surface area contributed by atoms with Crippen molar-refractivity contribution in [3.63, 3.8) is 0 Å². The number of carboxylic acids is 1. The van der Waals surface area contributed by atoms with Gasteiger partial charge < -0.3 is 9.84 Å². The minimum absolute atomic E-state index is 0.256. The maximum atomic E-state index is 10.9. The Morgan fingerprint density at radius 3 is 2.79 bits per heavy atom. The molecule has 1 heterocycles. The number of carboxylic acid groups (broad SMARTS) is 1. The molecule has 0 bridgehead atoms. The Labute approximate surface area is 164 Å². The van der Waals surface area contributed by atoms with Crippen LogP contribution in [0.25, 0.3) is 22.0 Å². The number of carbonyl (C=O) groups is 1. The van der Waals surface area contributed by atoms with Crippen LogP contribution in [-0.2, 0) is 11.2 Å². The molecule has 0 spiro atoms. The van der Waals surface area contributed by atoms with Crippen LogP contribution in [0, 0.1) is 11.3 Å². The molecule has 1 N–H and O–H groups in total. The molecule has 0 aliphatic rings. The first-order chi connectivity index (χ1) is 13.6. The Bertz CT molecular complexity index is 1040. The lowest BCUT2D eigenvalue weighted by Crippen LogP contribution is -2.10. The van der Waals surface area contributed by atoms with Crippen molar-refractivity contribution in [1.29, 1.82) is 5.26 Å². The van der Waals surface area contributed by atoms with E-state index < -0.39 is 12.6 Å². The maximum absolute atomic E-state index is 10.9. The number of unbranched alkanes of at least 4 members (excludes halogenated alkanes) is 2. The molecule has 0 radical (unpaired) electrons. The number of aryl methyl sites for hydroxylation is 1. The van der Waals surface area contributed by atoms with Gasteiger partial charge in [0.05, 0.1) is 17.1 Å². The summed E-state index contributed by atoms with van der Waals surface area (Å²) < 4.78 is 5.33. The summed E-state index contributed by atoms with van der Waals surface area (Å²) >= 11 is 0. The van der Waals surface area contributed by atoms with Crippen LogP contribution >= 0.6 is 0 Å². The third-order valence-electron chi connectivity index (χ3n) is 4.56. The highest BCUT2D eigenvalue weighted by molar-refractivity contribution is 5.95. The molecule has 0 aliphatic heterocycles. The van der Waals surface area contributed by atoms with Gasteiger partial charge in [0.2, 0.25) is 5.88 Å². The number of pyridine rings is 1. The van der Waals surface area contributed by atoms with Crippen molar-refractivity contribution in [2.24, 2.45) is 0 Å². The molecular weight excluding hydrogens is 352 g/mol. The van der Waals surface area contributed by atoms with Gasteiger partial charge >= 0.3 is 5.97 Å². The zero-order valence-corrected chi connectivity index (χ0v) is 15.8. The third kappa shape index (κ3) is 4.66. The van der Waals surface area contributed by atoms with E-state index in [0.29, 0.717) is 5.56 Å². The fourth-order valence-electron chi connectivity index (χ4n) is 3.19. The van der Waals surface area contributed by atoms with E-state index in [2.05, 4.69) is 30.1 Å². The Morgan fingerprint density at radius 1 is 1.18 bits per heavy atom. The first-order valence-corrected chi connectivity index (χ1v) is 9.39. The van der Waals surface area contributed by atoms with E-state index in [1.807, 2.05) is 24.3 Å². The van der Waals surface area contributed by atoms with Crippen LogP contribution in [0.5, 0.6) is 5.88 Å². The van der Waals surface area contributed by atoms with Crippen LogP contribution in [0.1, 0.15) is 37.3 Å². The van der Waals surface area contributed by atoms with E-state index in [4.69, 9.17) is 9.84 Å². The quantitative estimate of drug-likeness (QED) is 0.563. The van der Waals surface area contributed by atoms with E-state index in [-0.39, 0.29) is 5.88 Å². The average Bonchev–Trinajstić information content (AvgIpc) is 2.72. The van der Waals surface area contributed by atoms with Crippen molar-refractivity contribution in [2.75, 3.05) is 6.61 Å². The second-order valence-electron chi connectivity index (χ2n) is 6.69. The fraction of sp³-hybridized carbons (Fsp3) is 0.261. The molecule has 0 saturated heterocycles. The molecule has 28 heavy (non-hydrogen) atoms. The number of nitrogens with zero attached hydrogens (tertiary/aromatic N) is 2. The number of nitriles is 1. The SMILES string of the molecule is CCCCCc1ccc2nc(OCC(=O)O)cc(-c3cccc(C#N)c3)c2c1. The second-order valence-corrected chi connectivity index (χ2v) is 6.69. The Morgan fingerprint density at radius 2 is 2.04 bits per heavy atom. The van der Waals surface area contributed by atoms with Crippen LogP contribution in [0.2, 0.25) is 0 Å². The number of rotatable bonds is 8. The van der Waals surface area contributed by atoms with Crippen molar-refractivity contribution in [1.82, 2.24) is 4.98 Å². The Kier molecular flexibility index (Phi) is 6.23. The second kappa shape index (κ2) is 9.01. The van der Waals surface area contributed by atoms with Crippen molar-refractivity contribution in [3.8, 4) is 23.1 Å². The maximum Gasteiger partial charge on any atom is 0.341 e. The first kappa shape index (κ1) is 19.4. The van der Waals surface area contributed by atoms with Gasteiger partial charge in [0, 0.05) is 11.5 Å². The smallest absolute Gasteiger partial charge is 0.341 e. The largest absolute Gasteiger partial charge is 0.479 e. The summed E-state index contributed by atoms with van der Waals surface area (Å²) in [5.41, 5.74) is 4.28. The van der Waals surface area contributed by atoms with Crippen LogP contribution in [0.4, 0.5) is 0 Å². The summed E-state index contributed by atoms with van der Waals surface area (Å²) in [7, 11) is 0. The number of hydrogen-bond acceptors (Lipinski definition) is 4. The highest BCUT2D eigenvalue weighted by Gasteiger charge is 2.11. The normalized spacial score (nSPS) is 10.6. The van der Waals surface area contributed by atoms with Gasteiger partial charge in [-0.15, -0.1) is 0 Å². The van der Waals surface area contributed by atoms with Gasteiger partial charge in [-0.3, -0.25) is 0 Å². The molecule has 3 aromatic rings. The summed E-state index contributed by atoms with van der Waals surface area (Å²) in [4.78, 5) is 15.3. The summed E-state index contributed by atoms with van der Waals surface area (Å²) in [6.45, 7) is 1.73. The molecule has 1 aromatic heterocycles. The average molecular weight is 374 g/mol.